The van der Waals surface area contributed by atoms with Gasteiger partial charge in [0.05, 0.1) is 24.9 Å². The van der Waals surface area contributed by atoms with Gasteiger partial charge in [0, 0.05) is 19.7 Å². The molecule has 1 N–H and O–H groups in total. The molecular formula is C13H27NO3. The van der Waals surface area contributed by atoms with Crippen LogP contribution in [0.4, 0.5) is 0 Å². The number of rotatable bonds is 8. The summed E-state index contributed by atoms with van der Waals surface area (Å²) in [7, 11) is 0. The molecule has 0 saturated carbocycles. The quantitative estimate of drug-likeness (QED) is 0.699. The van der Waals surface area contributed by atoms with Crippen LogP contribution < -0.4 is 0 Å². The summed E-state index contributed by atoms with van der Waals surface area (Å²) in [5.74, 6) is 0. The number of aliphatic hydroxyl groups is 1. The summed E-state index contributed by atoms with van der Waals surface area (Å²) >= 11 is 0. The summed E-state index contributed by atoms with van der Waals surface area (Å²) in [6.45, 7) is 9.93. The fraction of sp³-hybridized carbons (Fsp3) is 1.00. The van der Waals surface area contributed by atoms with Gasteiger partial charge in [-0.3, -0.25) is 4.90 Å². The molecule has 4 heteroatoms. The molecule has 2 unspecified atom stereocenters. The van der Waals surface area contributed by atoms with Gasteiger partial charge in [-0.1, -0.05) is 6.92 Å². The lowest BCUT2D eigenvalue weighted by atomic mass is 10.2. The van der Waals surface area contributed by atoms with Crippen molar-refractivity contribution in [3.63, 3.8) is 0 Å². The summed E-state index contributed by atoms with van der Waals surface area (Å²) in [5.41, 5.74) is 0. The van der Waals surface area contributed by atoms with Gasteiger partial charge in [0.1, 0.15) is 0 Å². The Morgan fingerprint density at radius 3 is 2.76 bits per heavy atom. The average Bonchev–Trinajstić information content (AvgIpc) is 2.78. The Kier molecular flexibility index (Phi) is 7.04. The van der Waals surface area contributed by atoms with E-state index >= 15 is 0 Å². The zero-order chi connectivity index (χ0) is 12.7. The van der Waals surface area contributed by atoms with Crippen LogP contribution in [0, 0.1) is 0 Å². The largest absolute Gasteiger partial charge is 0.389 e. The molecule has 0 amide bonds. The molecule has 17 heavy (non-hydrogen) atoms. The first-order chi connectivity index (χ1) is 8.11. The van der Waals surface area contributed by atoms with E-state index in [4.69, 9.17) is 9.47 Å². The number of aliphatic hydroxyl groups excluding tert-OH is 1. The van der Waals surface area contributed by atoms with E-state index in [0.717, 1.165) is 26.1 Å². The van der Waals surface area contributed by atoms with E-state index in [9.17, 15) is 5.11 Å². The van der Waals surface area contributed by atoms with E-state index < -0.39 is 6.10 Å². The van der Waals surface area contributed by atoms with Crippen LogP contribution in [0.1, 0.15) is 33.6 Å². The summed E-state index contributed by atoms with van der Waals surface area (Å²) in [5, 5.41) is 9.87. The van der Waals surface area contributed by atoms with Crippen molar-refractivity contribution in [2.45, 2.75) is 51.9 Å². The summed E-state index contributed by atoms with van der Waals surface area (Å²) in [6, 6.07) is 0. The van der Waals surface area contributed by atoms with Gasteiger partial charge in [-0.25, -0.2) is 0 Å². The first-order valence-electron chi connectivity index (χ1n) is 6.75. The van der Waals surface area contributed by atoms with Crippen molar-refractivity contribution in [3.05, 3.63) is 0 Å². The van der Waals surface area contributed by atoms with E-state index in [2.05, 4.69) is 11.8 Å². The van der Waals surface area contributed by atoms with Gasteiger partial charge in [0.15, 0.2) is 0 Å². The lowest BCUT2D eigenvalue weighted by Crippen LogP contribution is -2.39. The van der Waals surface area contributed by atoms with Crippen molar-refractivity contribution in [3.8, 4) is 0 Å². The molecule has 0 bridgehead atoms. The number of hydrogen-bond donors (Lipinski definition) is 1. The van der Waals surface area contributed by atoms with Crippen LogP contribution in [-0.2, 0) is 9.47 Å². The van der Waals surface area contributed by atoms with Crippen LogP contribution in [0.25, 0.3) is 0 Å². The van der Waals surface area contributed by atoms with Crippen molar-refractivity contribution in [2.24, 2.45) is 0 Å². The van der Waals surface area contributed by atoms with Crippen molar-refractivity contribution in [1.29, 1.82) is 0 Å². The third kappa shape index (κ3) is 6.36. The van der Waals surface area contributed by atoms with Crippen molar-refractivity contribution in [2.75, 3.05) is 32.8 Å². The first kappa shape index (κ1) is 14.9. The number of likely N-dealkylation sites (N-methyl/N-ethyl adjacent to an activating group) is 1. The molecule has 1 aliphatic rings. The third-order valence-corrected chi connectivity index (χ3v) is 3.02. The topological polar surface area (TPSA) is 41.9 Å². The Labute approximate surface area is 105 Å². The van der Waals surface area contributed by atoms with Gasteiger partial charge in [-0.2, -0.15) is 0 Å². The van der Waals surface area contributed by atoms with Crippen LogP contribution in [-0.4, -0.2) is 61.2 Å². The highest BCUT2D eigenvalue weighted by Gasteiger charge is 2.20. The molecule has 0 aromatic rings. The van der Waals surface area contributed by atoms with E-state index in [1.54, 1.807) is 0 Å². The monoisotopic (exact) mass is 245 g/mol. The minimum atomic E-state index is -0.404. The second-order valence-corrected chi connectivity index (χ2v) is 5.02. The predicted octanol–water partition coefficient (Wildman–Crippen LogP) is 1.27. The van der Waals surface area contributed by atoms with Crippen LogP contribution in [0.15, 0.2) is 0 Å². The molecule has 1 saturated heterocycles. The molecule has 2 atom stereocenters. The molecule has 1 aliphatic heterocycles. The second kappa shape index (κ2) is 8.03. The van der Waals surface area contributed by atoms with Crippen LogP contribution in [0.2, 0.25) is 0 Å². The highest BCUT2D eigenvalue weighted by atomic mass is 16.5. The van der Waals surface area contributed by atoms with Crippen molar-refractivity contribution >= 4 is 0 Å². The van der Waals surface area contributed by atoms with E-state index in [-0.39, 0.29) is 6.10 Å². The standard InChI is InChI=1S/C13H27NO3/c1-4-14(9-13-6-5-7-16-13)8-12(15)10-17-11(2)3/h11-13,15H,4-10H2,1-3H3. The maximum Gasteiger partial charge on any atom is 0.0900 e. The van der Waals surface area contributed by atoms with Crippen molar-refractivity contribution in [1.82, 2.24) is 4.90 Å². The Morgan fingerprint density at radius 1 is 1.47 bits per heavy atom. The summed E-state index contributed by atoms with van der Waals surface area (Å²) in [4.78, 5) is 2.24. The molecule has 0 spiro atoms. The molecule has 0 radical (unpaired) electrons. The SMILES string of the molecule is CCN(CC(O)COC(C)C)CC1CCCO1. The lowest BCUT2D eigenvalue weighted by molar-refractivity contribution is -0.0148. The Balaban J connectivity index is 2.20. The number of ether oxygens (including phenoxy) is 2. The zero-order valence-corrected chi connectivity index (χ0v) is 11.4. The van der Waals surface area contributed by atoms with Gasteiger partial charge in [0.25, 0.3) is 0 Å². The van der Waals surface area contributed by atoms with Gasteiger partial charge in [-0.15, -0.1) is 0 Å². The molecular weight excluding hydrogens is 218 g/mol. The van der Waals surface area contributed by atoms with Gasteiger partial charge < -0.3 is 14.6 Å². The van der Waals surface area contributed by atoms with E-state index in [1.807, 2.05) is 13.8 Å². The summed E-state index contributed by atoms with van der Waals surface area (Å²) < 4.78 is 11.0. The van der Waals surface area contributed by atoms with E-state index in [1.165, 1.54) is 6.42 Å². The fourth-order valence-electron chi connectivity index (χ4n) is 2.06. The molecule has 0 aromatic heterocycles. The Hall–Kier alpha value is -0.160. The van der Waals surface area contributed by atoms with Gasteiger partial charge >= 0.3 is 0 Å². The maximum atomic E-state index is 9.87. The summed E-state index contributed by atoms with van der Waals surface area (Å²) in [6.07, 6.45) is 2.45. The van der Waals surface area contributed by atoms with Crippen molar-refractivity contribution < 1.29 is 14.6 Å². The zero-order valence-electron chi connectivity index (χ0n) is 11.4. The molecule has 4 nitrogen and oxygen atoms in total. The maximum absolute atomic E-state index is 9.87. The molecule has 0 aromatic carbocycles. The predicted molar refractivity (Wildman–Crippen MR) is 68.2 cm³/mol. The first-order valence-corrected chi connectivity index (χ1v) is 6.75. The second-order valence-electron chi connectivity index (χ2n) is 5.02. The molecule has 1 rings (SSSR count). The fourth-order valence-corrected chi connectivity index (χ4v) is 2.06. The third-order valence-electron chi connectivity index (χ3n) is 3.02. The van der Waals surface area contributed by atoms with Gasteiger partial charge in [-0.05, 0) is 33.2 Å². The lowest BCUT2D eigenvalue weighted by Gasteiger charge is -2.26. The Morgan fingerprint density at radius 2 is 2.24 bits per heavy atom. The average molecular weight is 245 g/mol. The Bertz CT molecular complexity index is 193. The minimum absolute atomic E-state index is 0.179. The minimum Gasteiger partial charge on any atom is -0.389 e. The normalized spacial score (nSPS) is 22.6. The molecule has 1 heterocycles. The van der Waals surface area contributed by atoms with Crippen LogP contribution in [0.3, 0.4) is 0 Å². The number of hydrogen-bond acceptors (Lipinski definition) is 4. The molecule has 0 aliphatic carbocycles. The highest BCUT2D eigenvalue weighted by molar-refractivity contribution is 4.72. The molecule has 102 valence electrons. The number of nitrogens with zero attached hydrogens (tertiary/aromatic N) is 1. The van der Waals surface area contributed by atoms with Crippen LogP contribution >= 0.6 is 0 Å². The van der Waals surface area contributed by atoms with Crippen LogP contribution in [0.5, 0.6) is 0 Å². The smallest absolute Gasteiger partial charge is 0.0900 e. The highest BCUT2D eigenvalue weighted by Crippen LogP contribution is 2.13. The molecule has 1 fully saturated rings. The van der Waals surface area contributed by atoms with Gasteiger partial charge in [0.2, 0.25) is 0 Å². The van der Waals surface area contributed by atoms with E-state index in [0.29, 0.717) is 19.3 Å².